The molecule has 0 aliphatic rings. The maximum atomic E-state index is 10.9. The number of aromatic nitrogens is 1. The van der Waals surface area contributed by atoms with E-state index in [1.807, 2.05) is 30.4 Å². The molecule has 2 aromatic carbocycles. The Morgan fingerprint density at radius 2 is 1.83 bits per heavy atom. The van der Waals surface area contributed by atoms with Crippen LogP contribution in [0, 0.1) is 10.1 Å². The number of para-hydroxylation sites is 1. The molecule has 0 fully saturated rings. The van der Waals surface area contributed by atoms with Gasteiger partial charge in [0.25, 0.3) is 5.69 Å². The number of nitrogens with zero attached hydrogens (tertiary/aromatic N) is 2. The van der Waals surface area contributed by atoms with Crippen molar-refractivity contribution in [3.05, 3.63) is 82.0 Å². The Hall–Kier alpha value is -2.28. The van der Waals surface area contributed by atoms with Crippen molar-refractivity contribution in [2.75, 3.05) is 0 Å². The van der Waals surface area contributed by atoms with E-state index >= 15 is 0 Å². The van der Waals surface area contributed by atoms with Crippen LogP contribution < -0.4 is 4.57 Å². The van der Waals surface area contributed by atoms with E-state index in [4.69, 9.17) is 0 Å². The summed E-state index contributed by atoms with van der Waals surface area (Å²) >= 11 is 0. The van der Waals surface area contributed by atoms with Crippen LogP contribution in [0.25, 0.3) is 23.1 Å². The van der Waals surface area contributed by atoms with Crippen LogP contribution >= 0.6 is 24.0 Å². The van der Waals surface area contributed by atoms with Crippen molar-refractivity contribution in [2.45, 2.75) is 13.5 Å². The minimum atomic E-state index is -0.375. The number of aryl methyl sites for hydroxylation is 1. The fourth-order valence-electron chi connectivity index (χ4n) is 2.70. The van der Waals surface area contributed by atoms with Crippen LogP contribution in [0.3, 0.4) is 0 Å². The Labute approximate surface area is 157 Å². The van der Waals surface area contributed by atoms with E-state index in [1.54, 1.807) is 12.1 Å². The lowest BCUT2D eigenvalue weighted by Crippen LogP contribution is -2.36. The monoisotopic (exact) mass is 433 g/mol. The number of nitro benzene ring substituents is 1. The van der Waals surface area contributed by atoms with E-state index in [1.165, 1.54) is 17.0 Å². The molecule has 0 bridgehead atoms. The van der Waals surface area contributed by atoms with Crippen LogP contribution in [0.5, 0.6) is 0 Å². The molecule has 0 radical (unpaired) electrons. The third kappa shape index (κ3) is 3.79. The molecular weight excluding hydrogens is 415 g/mol. The molecule has 0 unspecified atom stereocenters. The largest absolute Gasteiger partial charge is 0.270 e. The number of benzene rings is 2. The molecule has 24 heavy (non-hydrogen) atoms. The molecule has 5 heteroatoms. The number of rotatable bonds is 4. The van der Waals surface area contributed by atoms with Gasteiger partial charge in [-0.25, -0.2) is 0 Å². The summed E-state index contributed by atoms with van der Waals surface area (Å²) in [5.41, 5.74) is 3.16. The van der Waals surface area contributed by atoms with Gasteiger partial charge in [0.2, 0.25) is 11.2 Å². The predicted molar refractivity (Wildman–Crippen MR) is 107 cm³/mol. The van der Waals surface area contributed by atoms with Gasteiger partial charge in [-0.1, -0.05) is 24.3 Å². The average molecular weight is 433 g/mol. The Balaban J connectivity index is 0.00000208. The van der Waals surface area contributed by atoms with Gasteiger partial charge in [-0.15, -0.1) is 24.0 Å². The van der Waals surface area contributed by atoms with E-state index in [2.05, 4.69) is 35.8 Å². The highest BCUT2D eigenvalue weighted by atomic mass is 127. The van der Waals surface area contributed by atoms with Gasteiger partial charge in [0.1, 0.15) is 6.54 Å². The SMILES string of the molecule is CC[n+]1c(/C=C/c2cccc([N+](=O)[O-])c2)ccc2ccccc21.I. The van der Waals surface area contributed by atoms with Gasteiger partial charge in [0.05, 0.1) is 4.92 Å². The fourth-order valence-corrected chi connectivity index (χ4v) is 2.70. The number of hydrogen-bond acceptors (Lipinski definition) is 2. The zero-order valence-corrected chi connectivity index (χ0v) is 15.6. The van der Waals surface area contributed by atoms with Gasteiger partial charge in [-0.2, -0.15) is 4.57 Å². The molecule has 0 atom stereocenters. The molecule has 0 saturated carbocycles. The topological polar surface area (TPSA) is 47.0 Å². The van der Waals surface area contributed by atoms with E-state index < -0.39 is 0 Å². The molecule has 0 saturated heterocycles. The maximum absolute atomic E-state index is 10.9. The van der Waals surface area contributed by atoms with Crippen LogP contribution in [0.1, 0.15) is 18.2 Å². The van der Waals surface area contributed by atoms with Crippen molar-refractivity contribution in [1.82, 2.24) is 0 Å². The van der Waals surface area contributed by atoms with Crippen LogP contribution in [-0.4, -0.2) is 4.92 Å². The lowest BCUT2D eigenvalue weighted by Gasteiger charge is -2.02. The van der Waals surface area contributed by atoms with Gasteiger partial charge >= 0.3 is 0 Å². The van der Waals surface area contributed by atoms with Crippen molar-refractivity contribution in [2.24, 2.45) is 0 Å². The average Bonchev–Trinajstić information content (AvgIpc) is 2.59. The Morgan fingerprint density at radius 1 is 1.04 bits per heavy atom. The maximum Gasteiger partial charge on any atom is 0.270 e. The molecule has 0 N–H and O–H groups in total. The summed E-state index contributed by atoms with van der Waals surface area (Å²) in [6.45, 7) is 2.97. The van der Waals surface area contributed by atoms with E-state index in [-0.39, 0.29) is 34.6 Å². The van der Waals surface area contributed by atoms with Crippen molar-refractivity contribution in [3.8, 4) is 0 Å². The number of hydrogen-bond donors (Lipinski definition) is 0. The minimum Gasteiger partial charge on any atom is -0.258 e. The predicted octanol–water partition coefficient (Wildman–Crippen LogP) is 4.84. The zero-order valence-electron chi connectivity index (χ0n) is 13.3. The normalized spacial score (nSPS) is 10.7. The van der Waals surface area contributed by atoms with Crippen molar-refractivity contribution >= 4 is 52.7 Å². The first-order valence-corrected chi connectivity index (χ1v) is 7.53. The highest BCUT2D eigenvalue weighted by molar-refractivity contribution is 14.0. The summed E-state index contributed by atoms with van der Waals surface area (Å²) in [4.78, 5) is 10.5. The molecule has 0 aliphatic heterocycles. The van der Waals surface area contributed by atoms with Gasteiger partial charge in [0.15, 0.2) is 0 Å². The molecule has 0 spiro atoms. The van der Waals surface area contributed by atoms with Gasteiger partial charge in [-0.05, 0) is 30.7 Å². The smallest absolute Gasteiger partial charge is 0.258 e. The van der Waals surface area contributed by atoms with Gasteiger partial charge in [-0.3, -0.25) is 10.1 Å². The highest BCUT2D eigenvalue weighted by Gasteiger charge is 2.11. The number of fused-ring (bicyclic) bond motifs is 1. The molecule has 3 rings (SSSR count). The van der Waals surface area contributed by atoms with Crippen LogP contribution in [0.2, 0.25) is 0 Å². The quantitative estimate of drug-likeness (QED) is 0.256. The second kappa shape index (κ2) is 8.01. The third-order valence-corrected chi connectivity index (χ3v) is 3.82. The number of pyridine rings is 1. The van der Waals surface area contributed by atoms with E-state index in [9.17, 15) is 10.1 Å². The van der Waals surface area contributed by atoms with E-state index in [0.29, 0.717) is 0 Å². The van der Waals surface area contributed by atoms with Crippen molar-refractivity contribution in [3.63, 3.8) is 0 Å². The Morgan fingerprint density at radius 3 is 2.58 bits per heavy atom. The fraction of sp³-hybridized carbons (Fsp3) is 0.105. The van der Waals surface area contributed by atoms with Gasteiger partial charge in [0, 0.05) is 35.7 Å². The Bertz CT molecular complexity index is 907. The summed E-state index contributed by atoms with van der Waals surface area (Å²) in [5.74, 6) is 0. The number of halogens is 1. The molecule has 0 aliphatic carbocycles. The van der Waals surface area contributed by atoms with Gasteiger partial charge < -0.3 is 0 Å². The minimum absolute atomic E-state index is 0. The van der Waals surface area contributed by atoms with Crippen LogP contribution in [-0.2, 0) is 6.54 Å². The number of nitro groups is 1. The lowest BCUT2D eigenvalue weighted by atomic mass is 10.1. The van der Waals surface area contributed by atoms with E-state index in [0.717, 1.165) is 17.8 Å². The van der Waals surface area contributed by atoms with Crippen molar-refractivity contribution < 1.29 is 9.49 Å². The van der Waals surface area contributed by atoms with Crippen LogP contribution in [0.15, 0.2) is 60.7 Å². The summed E-state index contributed by atoms with van der Waals surface area (Å²) < 4.78 is 2.23. The molecule has 1 aromatic heterocycles. The third-order valence-electron chi connectivity index (χ3n) is 3.82. The second-order valence-corrected chi connectivity index (χ2v) is 5.25. The molecule has 1 heterocycles. The van der Waals surface area contributed by atoms with Crippen LogP contribution in [0.4, 0.5) is 5.69 Å². The second-order valence-electron chi connectivity index (χ2n) is 5.25. The van der Waals surface area contributed by atoms with Crippen molar-refractivity contribution in [1.29, 1.82) is 0 Å². The Kier molecular flexibility index (Phi) is 6.03. The number of non-ortho nitro benzene ring substituents is 1. The molecule has 122 valence electrons. The first-order chi connectivity index (χ1) is 11.2. The first-order valence-electron chi connectivity index (χ1n) is 7.53. The molecule has 3 aromatic rings. The first kappa shape index (κ1) is 18.1. The molecule has 4 nitrogen and oxygen atoms in total. The lowest BCUT2D eigenvalue weighted by molar-refractivity contribution is -0.669. The molecule has 0 amide bonds. The molecular formula is C19H18IN2O2+. The summed E-state index contributed by atoms with van der Waals surface area (Å²) in [5, 5.41) is 12.0. The highest BCUT2D eigenvalue weighted by Crippen LogP contribution is 2.16. The summed E-state index contributed by atoms with van der Waals surface area (Å²) in [7, 11) is 0. The zero-order chi connectivity index (χ0) is 16.2. The summed E-state index contributed by atoms with van der Waals surface area (Å²) in [6, 6.07) is 19.1. The standard InChI is InChI=1S/C19H17N2O2.HI/c1-2-20-17(13-11-16-7-3-4-9-19(16)20)12-10-15-6-5-8-18(14-15)21(22)23;/h3-14H,2H2,1H3;1H/q+1;/b12-10+;. The summed E-state index contributed by atoms with van der Waals surface area (Å²) in [6.07, 6.45) is 3.90.